The van der Waals surface area contributed by atoms with Crippen LogP contribution in [0.15, 0.2) is 42.5 Å². The van der Waals surface area contributed by atoms with Crippen LogP contribution in [0.25, 0.3) is 0 Å². The highest BCUT2D eigenvalue weighted by Gasteiger charge is 2.18. The van der Waals surface area contributed by atoms with Crippen molar-refractivity contribution >= 4 is 29.3 Å². The Hall–Kier alpha value is -3.35. The quantitative estimate of drug-likeness (QED) is 0.765. The first kappa shape index (κ1) is 22.9. The summed E-state index contributed by atoms with van der Waals surface area (Å²) in [6.07, 6.45) is -0.603. The van der Waals surface area contributed by atoms with Gasteiger partial charge >= 0.3 is 6.09 Å². The number of nitrogens with one attached hydrogen (secondary N) is 2. The number of anilines is 2. The van der Waals surface area contributed by atoms with Gasteiger partial charge in [0.1, 0.15) is 5.60 Å². The number of ether oxygens (including phenoxy) is 1. The van der Waals surface area contributed by atoms with Crippen molar-refractivity contribution in [2.75, 3.05) is 24.2 Å². The van der Waals surface area contributed by atoms with Gasteiger partial charge in [0.05, 0.1) is 6.54 Å². The molecule has 0 saturated heterocycles. The van der Waals surface area contributed by atoms with Gasteiger partial charge in [0.25, 0.3) is 5.91 Å². The Morgan fingerprint density at radius 3 is 2.37 bits per heavy atom. The molecule has 0 spiro atoms. The van der Waals surface area contributed by atoms with E-state index in [2.05, 4.69) is 10.6 Å². The van der Waals surface area contributed by atoms with Crippen molar-refractivity contribution in [3.8, 4) is 0 Å². The van der Waals surface area contributed by atoms with Gasteiger partial charge < -0.3 is 15.0 Å². The summed E-state index contributed by atoms with van der Waals surface area (Å²) in [7, 11) is 1.55. The second-order valence-corrected chi connectivity index (χ2v) is 8.24. The molecule has 0 atom stereocenters. The van der Waals surface area contributed by atoms with Gasteiger partial charge in [0.15, 0.2) is 0 Å². The maximum atomic E-state index is 12.7. The van der Waals surface area contributed by atoms with Gasteiger partial charge in [-0.1, -0.05) is 18.2 Å². The zero-order valence-electron chi connectivity index (χ0n) is 18.3. The third-order valence-electron chi connectivity index (χ3n) is 4.15. The van der Waals surface area contributed by atoms with Gasteiger partial charge in [-0.15, -0.1) is 0 Å². The minimum absolute atomic E-state index is 0.101. The van der Waals surface area contributed by atoms with E-state index < -0.39 is 11.7 Å². The molecule has 0 fully saturated rings. The van der Waals surface area contributed by atoms with E-state index in [9.17, 15) is 14.4 Å². The number of hydrogen-bond donors (Lipinski definition) is 2. The molecule has 2 aromatic carbocycles. The van der Waals surface area contributed by atoms with Crippen molar-refractivity contribution in [1.29, 1.82) is 0 Å². The lowest BCUT2D eigenvalue weighted by Crippen LogP contribution is -2.35. The molecule has 7 nitrogen and oxygen atoms in total. The van der Waals surface area contributed by atoms with E-state index in [4.69, 9.17) is 4.74 Å². The lowest BCUT2D eigenvalue weighted by molar-refractivity contribution is -0.116. The zero-order chi connectivity index (χ0) is 22.5. The van der Waals surface area contributed by atoms with Crippen LogP contribution in [0.1, 0.15) is 42.3 Å². The summed E-state index contributed by atoms with van der Waals surface area (Å²) in [6, 6.07) is 12.3. The summed E-state index contributed by atoms with van der Waals surface area (Å²) in [5.74, 6) is -0.624. The molecule has 0 aromatic heterocycles. The number of nitrogens with zero attached hydrogens (tertiary/aromatic N) is 1. The number of hydrogen-bond acceptors (Lipinski definition) is 4. The fourth-order valence-electron chi connectivity index (χ4n) is 2.72. The number of amides is 3. The second kappa shape index (κ2) is 9.43. The van der Waals surface area contributed by atoms with E-state index in [1.165, 1.54) is 4.90 Å². The van der Waals surface area contributed by atoms with Crippen LogP contribution in [-0.2, 0) is 9.53 Å². The lowest BCUT2D eigenvalue weighted by Gasteiger charge is -2.20. The van der Waals surface area contributed by atoms with Crippen LogP contribution in [0, 0.1) is 13.8 Å². The van der Waals surface area contributed by atoms with Crippen molar-refractivity contribution in [3.05, 3.63) is 59.2 Å². The Bertz CT molecular complexity index is 948. The summed E-state index contributed by atoms with van der Waals surface area (Å²) in [6.45, 7) is 9.06. The molecule has 0 bridgehead atoms. The molecule has 0 aliphatic heterocycles. The van der Waals surface area contributed by atoms with Gasteiger partial charge in [-0.3, -0.25) is 14.9 Å². The minimum atomic E-state index is -0.624. The van der Waals surface area contributed by atoms with Crippen LogP contribution >= 0.6 is 0 Å². The molecule has 2 rings (SSSR count). The molecule has 7 heteroatoms. The number of rotatable bonds is 5. The van der Waals surface area contributed by atoms with Gasteiger partial charge in [-0.05, 0) is 70.0 Å². The number of aryl methyl sites for hydroxylation is 2. The van der Waals surface area contributed by atoms with Gasteiger partial charge in [-0.25, -0.2) is 4.79 Å². The van der Waals surface area contributed by atoms with E-state index in [0.717, 1.165) is 16.8 Å². The molecule has 0 heterocycles. The molecule has 2 aromatic rings. The fraction of sp³-hybridized carbons (Fsp3) is 0.348. The van der Waals surface area contributed by atoms with Gasteiger partial charge in [0.2, 0.25) is 5.91 Å². The van der Waals surface area contributed by atoms with Crippen molar-refractivity contribution in [2.45, 2.75) is 40.2 Å². The molecule has 30 heavy (non-hydrogen) atoms. The van der Waals surface area contributed by atoms with Crippen LogP contribution in [-0.4, -0.2) is 42.0 Å². The number of carbonyl (C=O) groups is 3. The Morgan fingerprint density at radius 1 is 1.00 bits per heavy atom. The third-order valence-corrected chi connectivity index (χ3v) is 4.15. The average molecular weight is 412 g/mol. The Balaban J connectivity index is 2.01. The highest BCUT2D eigenvalue weighted by Crippen LogP contribution is 2.17. The normalized spacial score (nSPS) is 10.9. The topological polar surface area (TPSA) is 87.7 Å². The highest BCUT2D eigenvalue weighted by molar-refractivity contribution is 6.00. The molecule has 0 aliphatic rings. The summed E-state index contributed by atoms with van der Waals surface area (Å²) in [5.41, 5.74) is 2.87. The van der Waals surface area contributed by atoms with Crippen molar-refractivity contribution in [3.63, 3.8) is 0 Å². The van der Waals surface area contributed by atoms with Crippen molar-refractivity contribution in [2.24, 2.45) is 0 Å². The maximum absolute atomic E-state index is 12.7. The average Bonchev–Trinajstić information content (AvgIpc) is 2.62. The van der Waals surface area contributed by atoms with Gasteiger partial charge in [-0.2, -0.15) is 0 Å². The van der Waals surface area contributed by atoms with Crippen molar-refractivity contribution in [1.82, 2.24) is 4.90 Å². The smallest absolute Gasteiger partial charge is 0.412 e. The Labute approximate surface area is 177 Å². The predicted molar refractivity (Wildman–Crippen MR) is 118 cm³/mol. The van der Waals surface area contributed by atoms with Crippen LogP contribution < -0.4 is 10.6 Å². The number of benzene rings is 2. The van der Waals surface area contributed by atoms with Crippen LogP contribution in [0.4, 0.5) is 16.2 Å². The molecular weight excluding hydrogens is 382 g/mol. The zero-order valence-corrected chi connectivity index (χ0v) is 18.3. The first-order chi connectivity index (χ1) is 13.9. The number of carbonyl (C=O) groups excluding carboxylic acids is 3. The Kier molecular flexibility index (Phi) is 7.21. The lowest BCUT2D eigenvalue weighted by atomic mass is 10.1. The summed E-state index contributed by atoms with van der Waals surface area (Å²) in [4.78, 5) is 38.4. The molecule has 0 aliphatic carbocycles. The van der Waals surface area contributed by atoms with E-state index >= 15 is 0 Å². The van der Waals surface area contributed by atoms with Gasteiger partial charge in [0, 0.05) is 24.0 Å². The third kappa shape index (κ3) is 6.92. The van der Waals surface area contributed by atoms with E-state index in [1.54, 1.807) is 52.1 Å². The maximum Gasteiger partial charge on any atom is 0.412 e. The summed E-state index contributed by atoms with van der Waals surface area (Å²) >= 11 is 0. The molecule has 160 valence electrons. The van der Waals surface area contributed by atoms with E-state index in [1.807, 2.05) is 32.0 Å². The minimum Gasteiger partial charge on any atom is -0.444 e. The van der Waals surface area contributed by atoms with Crippen LogP contribution in [0.2, 0.25) is 0 Å². The SMILES string of the molecule is Cc1ccc(C)c(NC(=O)CN(C)C(=O)c2cccc(NC(=O)OC(C)(C)C)c2)c1. The molecule has 3 amide bonds. The number of likely N-dealkylation sites (N-methyl/N-ethyl adjacent to an activating group) is 1. The molecule has 0 radical (unpaired) electrons. The molecule has 0 saturated carbocycles. The second-order valence-electron chi connectivity index (χ2n) is 8.24. The largest absolute Gasteiger partial charge is 0.444 e. The molecular formula is C23H29N3O4. The fourth-order valence-corrected chi connectivity index (χ4v) is 2.72. The first-order valence-corrected chi connectivity index (χ1v) is 9.67. The molecule has 0 unspecified atom stereocenters. The first-order valence-electron chi connectivity index (χ1n) is 9.67. The van der Waals surface area contributed by atoms with E-state index in [-0.39, 0.29) is 18.4 Å². The van der Waals surface area contributed by atoms with Crippen molar-refractivity contribution < 1.29 is 19.1 Å². The Morgan fingerprint density at radius 2 is 1.70 bits per heavy atom. The van der Waals surface area contributed by atoms with Crippen LogP contribution in [0.3, 0.4) is 0 Å². The molecule has 2 N–H and O–H groups in total. The standard InChI is InChI=1S/C23H29N3O4/c1-15-10-11-16(2)19(12-15)25-20(27)14-26(6)21(28)17-8-7-9-18(13-17)24-22(29)30-23(3,4)5/h7-13H,14H2,1-6H3,(H,24,29)(H,25,27). The summed E-state index contributed by atoms with van der Waals surface area (Å²) in [5, 5.41) is 5.45. The highest BCUT2D eigenvalue weighted by atomic mass is 16.6. The predicted octanol–water partition coefficient (Wildman–Crippen LogP) is 4.36. The van der Waals surface area contributed by atoms with E-state index in [0.29, 0.717) is 11.3 Å². The summed E-state index contributed by atoms with van der Waals surface area (Å²) < 4.78 is 5.22. The van der Waals surface area contributed by atoms with Crippen LogP contribution in [0.5, 0.6) is 0 Å². The monoisotopic (exact) mass is 411 g/mol.